The fraction of sp³-hybridized carbons (Fsp3) is 0.500. The highest BCUT2D eigenvalue weighted by atomic mass is 16.6. The lowest BCUT2D eigenvalue weighted by molar-refractivity contribution is -0.384. The van der Waals surface area contributed by atoms with Crippen molar-refractivity contribution in [1.29, 1.82) is 0 Å². The average molecular weight is 249 g/mol. The van der Waals surface area contributed by atoms with Crippen molar-refractivity contribution in [3.05, 3.63) is 34.4 Å². The summed E-state index contributed by atoms with van der Waals surface area (Å²) >= 11 is 0. The molecule has 1 fully saturated rings. The summed E-state index contributed by atoms with van der Waals surface area (Å²) in [5, 5.41) is 10.8. The highest BCUT2D eigenvalue weighted by Gasteiger charge is 2.38. The topological polar surface area (TPSA) is 61.6 Å². The van der Waals surface area contributed by atoms with Crippen LogP contribution in [0.1, 0.15) is 27.2 Å². The third-order valence-corrected chi connectivity index (χ3v) is 2.91. The molecule has 0 radical (unpaired) electrons. The van der Waals surface area contributed by atoms with Gasteiger partial charge in [0.15, 0.2) is 0 Å². The Kier molecular flexibility index (Phi) is 3.41. The van der Waals surface area contributed by atoms with Crippen molar-refractivity contribution in [2.24, 2.45) is 0 Å². The minimum atomic E-state index is -0.538. The van der Waals surface area contributed by atoms with E-state index in [0.717, 1.165) is 6.42 Å². The molecule has 2 rings (SSSR count). The first-order valence-corrected chi connectivity index (χ1v) is 5.95. The molecule has 1 aliphatic heterocycles. The molecule has 1 atom stereocenters. The molecule has 0 spiro atoms. The standard InChI is InChI=1S/C12H16BNO4/c1-9-8-12(2,3)18-13(17-9)10-5-4-6-11(7-10)14(15)16/h4-7,9H,8H2,1-3H3. The van der Waals surface area contributed by atoms with Crippen molar-refractivity contribution in [3.63, 3.8) is 0 Å². The molecule has 0 aromatic heterocycles. The third-order valence-electron chi connectivity index (χ3n) is 2.91. The van der Waals surface area contributed by atoms with Crippen LogP contribution >= 0.6 is 0 Å². The molecule has 0 saturated carbocycles. The van der Waals surface area contributed by atoms with E-state index in [2.05, 4.69) is 0 Å². The molecular formula is C12H16BNO4. The zero-order chi connectivity index (χ0) is 13.3. The molecule has 1 aliphatic rings. The number of nitro benzene ring substituents is 1. The van der Waals surface area contributed by atoms with Crippen LogP contribution in [0, 0.1) is 10.1 Å². The van der Waals surface area contributed by atoms with E-state index in [9.17, 15) is 10.1 Å². The highest BCUT2D eigenvalue weighted by Crippen LogP contribution is 2.25. The number of benzene rings is 1. The Bertz CT molecular complexity index is 463. The van der Waals surface area contributed by atoms with Gasteiger partial charge in [-0.05, 0) is 32.7 Å². The van der Waals surface area contributed by atoms with Gasteiger partial charge in [0.2, 0.25) is 0 Å². The Hall–Kier alpha value is -1.40. The third kappa shape index (κ3) is 2.89. The van der Waals surface area contributed by atoms with E-state index < -0.39 is 12.0 Å². The van der Waals surface area contributed by atoms with E-state index in [1.807, 2.05) is 20.8 Å². The van der Waals surface area contributed by atoms with Crippen LogP contribution in [0.25, 0.3) is 0 Å². The molecule has 5 nitrogen and oxygen atoms in total. The number of hydrogen-bond donors (Lipinski definition) is 0. The smallest absolute Gasteiger partial charge is 0.405 e. The Morgan fingerprint density at radius 2 is 2.22 bits per heavy atom. The predicted molar refractivity (Wildman–Crippen MR) is 68.8 cm³/mol. The van der Waals surface area contributed by atoms with Crippen molar-refractivity contribution in [1.82, 2.24) is 0 Å². The van der Waals surface area contributed by atoms with Gasteiger partial charge in [-0.1, -0.05) is 12.1 Å². The Labute approximate surface area is 106 Å². The summed E-state index contributed by atoms with van der Waals surface area (Å²) < 4.78 is 11.5. The molecule has 0 amide bonds. The number of rotatable bonds is 2. The van der Waals surface area contributed by atoms with Gasteiger partial charge in [-0.15, -0.1) is 0 Å². The van der Waals surface area contributed by atoms with E-state index in [1.165, 1.54) is 12.1 Å². The Morgan fingerprint density at radius 1 is 1.50 bits per heavy atom. The molecule has 96 valence electrons. The first-order chi connectivity index (χ1) is 8.37. The second-order valence-electron chi connectivity index (χ2n) is 5.21. The maximum Gasteiger partial charge on any atom is 0.494 e. The molecule has 1 aromatic carbocycles. The largest absolute Gasteiger partial charge is 0.494 e. The van der Waals surface area contributed by atoms with Gasteiger partial charge in [0.1, 0.15) is 0 Å². The van der Waals surface area contributed by atoms with Crippen molar-refractivity contribution in [2.45, 2.75) is 38.9 Å². The zero-order valence-electron chi connectivity index (χ0n) is 10.8. The summed E-state index contributed by atoms with van der Waals surface area (Å²) in [5.74, 6) is 0. The molecule has 0 N–H and O–H groups in total. The van der Waals surface area contributed by atoms with Crippen LogP contribution in [0.3, 0.4) is 0 Å². The Morgan fingerprint density at radius 3 is 2.83 bits per heavy atom. The van der Waals surface area contributed by atoms with Crippen LogP contribution in [-0.2, 0) is 9.31 Å². The van der Waals surface area contributed by atoms with E-state index in [1.54, 1.807) is 12.1 Å². The monoisotopic (exact) mass is 249 g/mol. The first kappa shape index (κ1) is 13.0. The number of hydrogen-bond acceptors (Lipinski definition) is 4. The summed E-state index contributed by atoms with van der Waals surface area (Å²) in [6, 6.07) is 6.39. The van der Waals surface area contributed by atoms with E-state index in [0.29, 0.717) is 5.46 Å². The second-order valence-corrected chi connectivity index (χ2v) is 5.21. The lowest BCUT2D eigenvalue weighted by atomic mass is 9.75. The fourth-order valence-corrected chi connectivity index (χ4v) is 2.25. The molecule has 1 unspecified atom stereocenters. The van der Waals surface area contributed by atoms with Gasteiger partial charge >= 0.3 is 7.12 Å². The molecule has 0 aliphatic carbocycles. The van der Waals surface area contributed by atoms with E-state index in [-0.39, 0.29) is 17.4 Å². The normalized spacial score (nSPS) is 22.8. The van der Waals surface area contributed by atoms with Gasteiger partial charge in [-0.25, -0.2) is 0 Å². The number of nitro groups is 1. The maximum absolute atomic E-state index is 10.8. The quantitative estimate of drug-likeness (QED) is 0.456. The van der Waals surface area contributed by atoms with Crippen LogP contribution in [0.15, 0.2) is 24.3 Å². The highest BCUT2D eigenvalue weighted by molar-refractivity contribution is 6.61. The number of non-ortho nitro benzene ring substituents is 1. The fourth-order valence-electron chi connectivity index (χ4n) is 2.25. The van der Waals surface area contributed by atoms with Gasteiger partial charge in [0.25, 0.3) is 5.69 Å². The van der Waals surface area contributed by atoms with Crippen molar-refractivity contribution in [3.8, 4) is 0 Å². The SMILES string of the molecule is CC1CC(C)(C)OB(c2cccc([N+](=O)[O-])c2)O1. The molecule has 0 bridgehead atoms. The van der Waals surface area contributed by atoms with E-state index in [4.69, 9.17) is 9.31 Å². The van der Waals surface area contributed by atoms with Crippen LogP contribution in [0.2, 0.25) is 0 Å². The Balaban J connectivity index is 2.25. The summed E-state index contributed by atoms with van der Waals surface area (Å²) in [5.41, 5.74) is 0.451. The summed E-state index contributed by atoms with van der Waals surface area (Å²) in [6.45, 7) is 5.97. The van der Waals surface area contributed by atoms with Gasteiger partial charge in [0, 0.05) is 18.2 Å². The lowest BCUT2D eigenvalue weighted by Gasteiger charge is -2.38. The first-order valence-electron chi connectivity index (χ1n) is 5.95. The minimum Gasteiger partial charge on any atom is -0.405 e. The summed E-state index contributed by atoms with van der Waals surface area (Å²) in [6.07, 6.45) is 0.872. The van der Waals surface area contributed by atoms with Crippen molar-refractivity contribution >= 4 is 18.3 Å². The van der Waals surface area contributed by atoms with Gasteiger partial charge in [-0.2, -0.15) is 0 Å². The van der Waals surface area contributed by atoms with Crippen molar-refractivity contribution in [2.75, 3.05) is 0 Å². The van der Waals surface area contributed by atoms with Gasteiger partial charge < -0.3 is 9.31 Å². The van der Waals surface area contributed by atoms with Crippen LogP contribution in [0.5, 0.6) is 0 Å². The minimum absolute atomic E-state index is 0.0516. The molecule has 18 heavy (non-hydrogen) atoms. The lowest BCUT2D eigenvalue weighted by Crippen LogP contribution is -2.51. The van der Waals surface area contributed by atoms with Crippen LogP contribution < -0.4 is 5.46 Å². The molecule has 1 saturated heterocycles. The maximum atomic E-state index is 10.8. The molecule has 1 heterocycles. The summed E-state index contributed by atoms with van der Waals surface area (Å²) in [4.78, 5) is 10.3. The molecule has 1 aromatic rings. The van der Waals surface area contributed by atoms with Gasteiger partial charge in [0.05, 0.1) is 10.5 Å². The van der Waals surface area contributed by atoms with Crippen LogP contribution in [-0.4, -0.2) is 23.7 Å². The molecule has 6 heteroatoms. The summed E-state index contributed by atoms with van der Waals surface area (Å²) in [7, 11) is -0.538. The van der Waals surface area contributed by atoms with Crippen LogP contribution in [0.4, 0.5) is 5.69 Å². The predicted octanol–water partition coefficient (Wildman–Crippen LogP) is 1.89. The number of nitrogens with zero attached hydrogens (tertiary/aromatic N) is 1. The zero-order valence-corrected chi connectivity index (χ0v) is 10.8. The van der Waals surface area contributed by atoms with Gasteiger partial charge in [-0.3, -0.25) is 10.1 Å². The average Bonchev–Trinajstić information content (AvgIpc) is 2.26. The van der Waals surface area contributed by atoms with Crippen molar-refractivity contribution < 1.29 is 14.2 Å². The van der Waals surface area contributed by atoms with E-state index >= 15 is 0 Å². The second kappa shape index (κ2) is 4.70. The molecular weight excluding hydrogens is 233 g/mol.